The van der Waals surface area contributed by atoms with Gasteiger partial charge in [0.1, 0.15) is 5.84 Å². The zero-order valence-corrected chi connectivity index (χ0v) is 9.37. The van der Waals surface area contributed by atoms with E-state index in [9.17, 15) is 0 Å². The lowest BCUT2D eigenvalue weighted by atomic mass is 10.1. The van der Waals surface area contributed by atoms with Gasteiger partial charge in [-0.2, -0.15) is 0 Å². The van der Waals surface area contributed by atoms with Crippen LogP contribution in [-0.4, -0.2) is 38.6 Å². The van der Waals surface area contributed by atoms with E-state index in [1.807, 2.05) is 6.20 Å². The molecule has 0 fully saturated rings. The number of rotatable bonds is 7. The van der Waals surface area contributed by atoms with Crippen molar-refractivity contribution in [3.05, 3.63) is 12.4 Å². The van der Waals surface area contributed by atoms with Crippen LogP contribution in [0.25, 0.3) is 0 Å². The molecule has 0 aliphatic rings. The Morgan fingerprint density at radius 1 is 1.69 bits per heavy atom. The first-order valence-corrected chi connectivity index (χ1v) is 5.30. The second kappa shape index (κ2) is 6.78. The molecule has 1 aromatic heterocycles. The van der Waals surface area contributed by atoms with Crippen LogP contribution < -0.4 is 11.1 Å². The molecule has 1 aromatic rings. The summed E-state index contributed by atoms with van der Waals surface area (Å²) in [5, 5.41) is 22.3. The Hall–Kier alpha value is -1.63. The molecule has 7 nitrogen and oxygen atoms in total. The van der Waals surface area contributed by atoms with Gasteiger partial charge in [0.15, 0.2) is 0 Å². The average Bonchev–Trinajstić information content (AvgIpc) is 2.80. The van der Waals surface area contributed by atoms with Crippen LogP contribution in [0.15, 0.2) is 17.5 Å². The van der Waals surface area contributed by atoms with Crippen molar-refractivity contribution in [1.29, 1.82) is 0 Å². The number of aromatic nitrogens is 3. The van der Waals surface area contributed by atoms with E-state index in [0.717, 1.165) is 19.5 Å². The molecule has 0 spiro atoms. The summed E-state index contributed by atoms with van der Waals surface area (Å²) in [4.78, 5) is 0. The SMILES string of the molecule is CCC(C/C(N)=N/O)NCCn1ccnn1. The topological polar surface area (TPSA) is 101 Å². The Balaban J connectivity index is 2.23. The maximum Gasteiger partial charge on any atom is 0.140 e. The molecular formula is C9H18N6O. The van der Waals surface area contributed by atoms with Crippen molar-refractivity contribution < 1.29 is 5.21 Å². The van der Waals surface area contributed by atoms with Crippen LogP contribution in [-0.2, 0) is 6.54 Å². The van der Waals surface area contributed by atoms with E-state index in [-0.39, 0.29) is 11.9 Å². The summed E-state index contributed by atoms with van der Waals surface area (Å²) in [5.41, 5.74) is 5.45. The third-order valence-corrected chi connectivity index (χ3v) is 2.32. The van der Waals surface area contributed by atoms with Gasteiger partial charge in [0.25, 0.3) is 0 Å². The molecular weight excluding hydrogens is 208 g/mol. The monoisotopic (exact) mass is 226 g/mol. The van der Waals surface area contributed by atoms with Gasteiger partial charge in [-0.15, -0.1) is 5.10 Å². The minimum atomic E-state index is 0.222. The average molecular weight is 226 g/mol. The van der Waals surface area contributed by atoms with Crippen molar-refractivity contribution in [2.24, 2.45) is 10.9 Å². The second-order valence-corrected chi connectivity index (χ2v) is 3.52. The number of amidine groups is 1. The molecule has 16 heavy (non-hydrogen) atoms. The Labute approximate surface area is 94.3 Å². The highest BCUT2D eigenvalue weighted by molar-refractivity contribution is 5.80. The van der Waals surface area contributed by atoms with Crippen molar-refractivity contribution in [3.8, 4) is 0 Å². The number of nitrogens with zero attached hydrogens (tertiary/aromatic N) is 4. The van der Waals surface area contributed by atoms with E-state index in [0.29, 0.717) is 6.42 Å². The van der Waals surface area contributed by atoms with Gasteiger partial charge < -0.3 is 16.3 Å². The zero-order valence-electron chi connectivity index (χ0n) is 9.37. The fourth-order valence-electron chi connectivity index (χ4n) is 1.39. The summed E-state index contributed by atoms with van der Waals surface area (Å²) in [6, 6.07) is 0.222. The highest BCUT2D eigenvalue weighted by Gasteiger charge is 2.07. The van der Waals surface area contributed by atoms with Crippen LogP contribution >= 0.6 is 0 Å². The van der Waals surface area contributed by atoms with Gasteiger partial charge in [-0.05, 0) is 6.42 Å². The van der Waals surface area contributed by atoms with Crippen molar-refractivity contribution in [3.63, 3.8) is 0 Å². The van der Waals surface area contributed by atoms with E-state index in [4.69, 9.17) is 10.9 Å². The standard InChI is InChI=1S/C9H18N6O/c1-2-8(7-9(10)13-16)11-3-5-15-6-4-12-14-15/h4,6,8,11,16H,2-3,5,7H2,1H3,(H2,10,13). The maximum absolute atomic E-state index is 8.47. The summed E-state index contributed by atoms with van der Waals surface area (Å²) in [7, 11) is 0. The van der Waals surface area contributed by atoms with Crippen LogP contribution in [0.1, 0.15) is 19.8 Å². The molecule has 1 heterocycles. The normalized spacial score (nSPS) is 13.9. The number of oxime groups is 1. The van der Waals surface area contributed by atoms with Crippen molar-refractivity contribution in [2.45, 2.75) is 32.4 Å². The molecule has 0 aromatic carbocycles. The van der Waals surface area contributed by atoms with Crippen LogP contribution in [0, 0.1) is 0 Å². The number of hydrogen-bond acceptors (Lipinski definition) is 5. The number of nitrogens with one attached hydrogen (secondary N) is 1. The Morgan fingerprint density at radius 3 is 3.06 bits per heavy atom. The molecule has 0 radical (unpaired) electrons. The summed E-state index contributed by atoms with van der Waals surface area (Å²) in [5.74, 6) is 0.250. The van der Waals surface area contributed by atoms with Crippen molar-refractivity contribution >= 4 is 5.84 Å². The van der Waals surface area contributed by atoms with E-state index >= 15 is 0 Å². The van der Waals surface area contributed by atoms with E-state index in [2.05, 4.69) is 27.7 Å². The summed E-state index contributed by atoms with van der Waals surface area (Å²) < 4.78 is 1.75. The Bertz CT molecular complexity index is 310. The van der Waals surface area contributed by atoms with Crippen molar-refractivity contribution in [1.82, 2.24) is 20.3 Å². The number of nitrogens with two attached hydrogens (primary N) is 1. The van der Waals surface area contributed by atoms with Crippen molar-refractivity contribution in [2.75, 3.05) is 6.54 Å². The minimum absolute atomic E-state index is 0.222. The molecule has 0 amide bonds. The van der Waals surface area contributed by atoms with Gasteiger partial charge in [-0.25, -0.2) is 0 Å². The van der Waals surface area contributed by atoms with Crippen LogP contribution in [0.4, 0.5) is 0 Å². The molecule has 1 unspecified atom stereocenters. The molecule has 0 aliphatic carbocycles. The summed E-state index contributed by atoms with van der Waals surface area (Å²) >= 11 is 0. The third kappa shape index (κ3) is 4.26. The first kappa shape index (κ1) is 12.4. The minimum Gasteiger partial charge on any atom is -0.409 e. The first-order chi connectivity index (χ1) is 7.76. The maximum atomic E-state index is 8.47. The zero-order chi connectivity index (χ0) is 11.8. The molecule has 1 rings (SSSR count). The first-order valence-electron chi connectivity index (χ1n) is 5.30. The van der Waals surface area contributed by atoms with E-state index in [1.54, 1.807) is 10.9 Å². The molecule has 0 saturated heterocycles. The second-order valence-electron chi connectivity index (χ2n) is 3.52. The predicted octanol–water partition coefficient (Wildman–Crippen LogP) is -0.217. The lowest BCUT2D eigenvalue weighted by Crippen LogP contribution is -2.35. The molecule has 0 bridgehead atoms. The largest absolute Gasteiger partial charge is 0.409 e. The summed E-state index contributed by atoms with van der Waals surface area (Å²) in [6.45, 7) is 3.59. The molecule has 1 atom stereocenters. The van der Waals surface area contributed by atoms with Gasteiger partial charge in [0.05, 0.1) is 12.7 Å². The number of hydrogen-bond donors (Lipinski definition) is 3. The molecule has 0 aliphatic heterocycles. The third-order valence-electron chi connectivity index (χ3n) is 2.32. The lowest BCUT2D eigenvalue weighted by molar-refractivity contribution is 0.315. The highest BCUT2D eigenvalue weighted by Crippen LogP contribution is 1.97. The van der Waals surface area contributed by atoms with Gasteiger partial charge in [-0.3, -0.25) is 4.68 Å². The Kier molecular flexibility index (Phi) is 5.27. The summed E-state index contributed by atoms with van der Waals surface area (Å²) in [6.07, 6.45) is 4.93. The lowest BCUT2D eigenvalue weighted by Gasteiger charge is -2.15. The fourth-order valence-corrected chi connectivity index (χ4v) is 1.39. The van der Waals surface area contributed by atoms with Crippen LogP contribution in [0.5, 0.6) is 0 Å². The smallest absolute Gasteiger partial charge is 0.140 e. The molecule has 0 saturated carbocycles. The molecule has 7 heteroatoms. The quantitative estimate of drug-likeness (QED) is 0.258. The van der Waals surface area contributed by atoms with Gasteiger partial charge in [0.2, 0.25) is 0 Å². The van der Waals surface area contributed by atoms with Gasteiger partial charge >= 0.3 is 0 Å². The van der Waals surface area contributed by atoms with Crippen LogP contribution in [0.3, 0.4) is 0 Å². The predicted molar refractivity (Wildman–Crippen MR) is 60.1 cm³/mol. The highest BCUT2D eigenvalue weighted by atomic mass is 16.4. The van der Waals surface area contributed by atoms with Gasteiger partial charge in [-0.1, -0.05) is 17.3 Å². The Morgan fingerprint density at radius 2 is 2.50 bits per heavy atom. The van der Waals surface area contributed by atoms with E-state index < -0.39 is 0 Å². The van der Waals surface area contributed by atoms with Gasteiger partial charge in [0, 0.05) is 25.2 Å². The molecule has 4 N–H and O–H groups in total. The molecule has 90 valence electrons. The van der Waals surface area contributed by atoms with Crippen LogP contribution in [0.2, 0.25) is 0 Å². The fraction of sp³-hybridized carbons (Fsp3) is 0.667. The van der Waals surface area contributed by atoms with E-state index in [1.165, 1.54) is 0 Å².